The van der Waals surface area contributed by atoms with Crippen LogP contribution in [0.3, 0.4) is 0 Å². The van der Waals surface area contributed by atoms with E-state index in [0.29, 0.717) is 0 Å². The van der Waals surface area contributed by atoms with Crippen LogP contribution in [0.15, 0.2) is 17.1 Å². The maximum absolute atomic E-state index is 4.15. The van der Waals surface area contributed by atoms with Crippen molar-refractivity contribution in [2.24, 2.45) is 4.99 Å². The number of hydrogen-bond donors (Lipinski definition) is 0. The Labute approximate surface area is 65.1 Å². The lowest BCUT2D eigenvalue weighted by molar-refractivity contribution is 0.946. The average molecular weight is 239 g/mol. The van der Waals surface area contributed by atoms with Crippen molar-refractivity contribution < 1.29 is 0 Å². The van der Waals surface area contributed by atoms with Gasteiger partial charge in [-0.25, -0.2) is 0 Å². The number of dihydropyridines is 1. The zero-order valence-corrected chi connectivity index (χ0v) is 7.31. The molecule has 0 N–H and O–H groups in total. The molecule has 0 fully saturated rings. The first-order valence-corrected chi connectivity index (χ1v) is 4.04. The van der Waals surface area contributed by atoms with Crippen LogP contribution in [0.1, 0.15) is 6.42 Å². The zero-order chi connectivity index (χ0) is 5.98. The molecule has 0 aromatic carbocycles. The molecule has 0 radical (unpaired) electrons. The van der Waals surface area contributed by atoms with E-state index in [2.05, 4.69) is 42.9 Å². The van der Waals surface area contributed by atoms with Gasteiger partial charge < -0.3 is 0 Å². The third kappa shape index (κ3) is 1.71. The molecule has 8 heavy (non-hydrogen) atoms. The Morgan fingerprint density at radius 1 is 1.75 bits per heavy atom. The number of allylic oxidation sites excluding steroid dienone is 1. The first-order chi connectivity index (χ1) is 3.79. The van der Waals surface area contributed by atoms with Crippen molar-refractivity contribution in [2.75, 3.05) is 0 Å². The molecule has 1 unspecified atom stereocenters. The lowest BCUT2D eigenvalue weighted by atomic mass is 10.3. The first-order valence-electron chi connectivity index (χ1n) is 2.33. The molecule has 1 nitrogen and oxygen atoms in total. The summed E-state index contributed by atoms with van der Waals surface area (Å²) in [7, 11) is 0. The molecule has 0 aromatic heterocycles. The largest absolute Gasteiger partial charge is 0.263 e. The van der Waals surface area contributed by atoms with Crippen LogP contribution >= 0.6 is 31.9 Å². The highest BCUT2D eigenvalue weighted by Crippen LogP contribution is 2.14. The maximum atomic E-state index is 4.15. The molecule has 1 atom stereocenters. The lowest BCUT2D eigenvalue weighted by Crippen LogP contribution is -1.98. The second-order valence-corrected chi connectivity index (χ2v) is 3.39. The first kappa shape index (κ1) is 6.49. The fourth-order valence-corrected chi connectivity index (χ4v) is 1.65. The van der Waals surface area contributed by atoms with Gasteiger partial charge in [-0.2, -0.15) is 0 Å². The fourth-order valence-electron chi connectivity index (χ4n) is 0.507. The molecule has 1 aliphatic rings. The zero-order valence-electron chi connectivity index (χ0n) is 4.14. The van der Waals surface area contributed by atoms with Crippen LogP contribution < -0.4 is 0 Å². The highest BCUT2D eigenvalue weighted by molar-refractivity contribution is 9.18. The summed E-state index contributed by atoms with van der Waals surface area (Å²) in [5.41, 5.74) is 0. The minimum Gasteiger partial charge on any atom is -0.263 e. The minimum atomic E-state index is 0.280. The fraction of sp³-hybridized carbons (Fsp3) is 0.400. The van der Waals surface area contributed by atoms with E-state index < -0.39 is 0 Å². The van der Waals surface area contributed by atoms with Crippen LogP contribution in [-0.4, -0.2) is 9.57 Å². The third-order valence-electron chi connectivity index (χ3n) is 0.849. The Morgan fingerprint density at radius 2 is 2.50 bits per heavy atom. The average Bonchev–Trinajstić information content (AvgIpc) is 1.64. The highest BCUT2D eigenvalue weighted by Gasteiger charge is 2.02. The Kier molecular flexibility index (Phi) is 2.26. The molecular formula is C5H5Br2N. The normalized spacial score (nSPS) is 27.8. The van der Waals surface area contributed by atoms with Crippen molar-refractivity contribution in [3.05, 3.63) is 12.2 Å². The summed E-state index contributed by atoms with van der Waals surface area (Å²) in [5.74, 6) is 0. The van der Waals surface area contributed by atoms with E-state index in [1.165, 1.54) is 0 Å². The Bertz CT molecular complexity index is 139. The standard InChI is InChI=1S/C5H5Br2N/c6-4-2-1-3-5(7)8-4/h1-2,5H,3H2. The van der Waals surface area contributed by atoms with Gasteiger partial charge in [0.25, 0.3) is 0 Å². The van der Waals surface area contributed by atoms with Crippen LogP contribution in [0.2, 0.25) is 0 Å². The SMILES string of the molecule is BrC1=NC(Br)CC=C1. The summed E-state index contributed by atoms with van der Waals surface area (Å²) in [6.07, 6.45) is 5.03. The molecule has 0 saturated carbocycles. The monoisotopic (exact) mass is 237 g/mol. The number of alkyl halides is 1. The van der Waals surface area contributed by atoms with E-state index >= 15 is 0 Å². The molecule has 0 bridgehead atoms. The van der Waals surface area contributed by atoms with Crippen molar-refractivity contribution in [3.63, 3.8) is 0 Å². The predicted molar refractivity (Wildman–Crippen MR) is 42.8 cm³/mol. The van der Waals surface area contributed by atoms with Gasteiger partial charge in [0.1, 0.15) is 9.57 Å². The van der Waals surface area contributed by atoms with Gasteiger partial charge in [0, 0.05) is 0 Å². The summed E-state index contributed by atoms with van der Waals surface area (Å²) in [6, 6.07) is 0. The van der Waals surface area contributed by atoms with Gasteiger partial charge in [-0.05, 0) is 28.4 Å². The smallest absolute Gasteiger partial charge is 0.109 e. The molecule has 1 rings (SSSR count). The van der Waals surface area contributed by atoms with Crippen molar-refractivity contribution >= 4 is 36.5 Å². The van der Waals surface area contributed by atoms with E-state index in [1.807, 2.05) is 6.08 Å². The molecule has 1 aliphatic heterocycles. The van der Waals surface area contributed by atoms with Gasteiger partial charge in [-0.1, -0.05) is 22.0 Å². The Balaban J connectivity index is 2.63. The van der Waals surface area contributed by atoms with E-state index in [0.717, 1.165) is 11.0 Å². The Hall–Kier alpha value is 0.370. The topological polar surface area (TPSA) is 12.4 Å². The quantitative estimate of drug-likeness (QED) is 0.454. The highest BCUT2D eigenvalue weighted by atomic mass is 79.9. The van der Waals surface area contributed by atoms with Crippen LogP contribution in [0, 0.1) is 0 Å². The van der Waals surface area contributed by atoms with Gasteiger partial charge in [-0.3, -0.25) is 4.99 Å². The number of halogens is 2. The van der Waals surface area contributed by atoms with Crippen LogP contribution in [0.5, 0.6) is 0 Å². The predicted octanol–water partition coefficient (Wildman–Crippen LogP) is 2.46. The van der Waals surface area contributed by atoms with Gasteiger partial charge in [0.2, 0.25) is 0 Å². The van der Waals surface area contributed by atoms with Crippen molar-refractivity contribution in [1.82, 2.24) is 0 Å². The maximum Gasteiger partial charge on any atom is 0.109 e. The Morgan fingerprint density at radius 3 is 2.88 bits per heavy atom. The van der Waals surface area contributed by atoms with Gasteiger partial charge in [-0.15, -0.1) is 0 Å². The van der Waals surface area contributed by atoms with Crippen LogP contribution in [0.25, 0.3) is 0 Å². The summed E-state index contributed by atoms with van der Waals surface area (Å²) in [6.45, 7) is 0. The molecule has 44 valence electrons. The summed E-state index contributed by atoms with van der Waals surface area (Å²) in [5, 5.41) is 0. The third-order valence-corrected chi connectivity index (χ3v) is 1.90. The van der Waals surface area contributed by atoms with Crippen molar-refractivity contribution in [1.29, 1.82) is 0 Å². The molecule has 0 aliphatic carbocycles. The molecular weight excluding hydrogens is 234 g/mol. The molecule has 0 spiro atoms. The van der Waals surface area contributed by atoms with E-state index in [9.17, 15) is 0 Å². The van der Waals surface area contributed by atoms with Gasteiger partial charge in [0.15, 0.2) is 0 Å². The minimum absolute atomic E-state index is 0.280. The van der Waals surface area contributed by atoms with Crippen LogP contribution in [0.4, 0.5) is 0 Å². The molecule has 0 aromatic rings. The number of aliphatic imine (C=N–C) groups is 1. The molecule has 3 heteroatoms. The van der Waals surface area contributed by atoms with Crippen molar-refractivity contribution in [2.45, 2.75) is 11.4 Å². The van der Waals surface area contributed by atoms with Gasteiger partial charge in [0.05, 0.1) is 0 Å². The van der Waals surface area contributed by atoms with E-state index in [1.54, 1.807) is 0 Å². The molecule has 0 amide bonds. The summed E-state index contributed by atoms with van der Waals surface area (Å²) < 4.78 is 0.922. The number of hydrogen-bond acceptors (Lipinski definition) is 1. The lowest BCUT2D eigenvalue weighted by Gasteiger charge is -2.04. The van der Waals surface area contributed by atoms with E-state index in [-0.39, 0.29) is 4.95 Å². The van der Waals surface area contributed by atoms with Gasteiger partial charge >= 0.3 is 0 Å². The van der Waals surface area contributed by atoms with Crippen molar-refractivity contribution in [3.8, 4) is 0 Å². The van der Waals surface area contributed by atoms with E-state index in [4.69, 9.17) is 0 Å². The van der Waals surface area contributed by atoms with Crippen LogP contribution in [-0.2, 0) is 0 Å². The summed E-state index contributed by atoms with van der Waals surface area (Å²) in [4.78, 5) is 4.43. The second kappa shape index (κ2) is 2.78. The molecule has 1 heterocycles. The molecule has 0 saturated heterocycles. The summed E-state index contributed by atoms with van der Waals surface area (Å²) >= 11 is 6.62. The number of nitrogens with zero attached hydrogens (tertiary/aromatic N) is 1. The number of rotatable bonds is 0. The second-order valence-electron chi connectivity index (χ2n) is 1.52.